The number of benzene rings is 1. The molecule has 1 atom stereocenters. The van der Waals surface area contributed by atoms with E-state index in [1.165, 1.54) is 5.56 Å². The van der Waals surface area contributed by atoms with Gasteiger partial charge in [0.25, 0.3) is 0 Å². The fourth-order valence-electron chi connectivity index (χ4n) is 1.99. The first-order valence-electron chi connectivity index (χ1n) is 5.61. The molecule has 3 nitrogen and oxygen atoms in total. The Kier molecular flexibility index (Phi) is 2.62. The van der Waals surface area contributed by atoms with Gasteiger partial charge in [-0.15, -0.1) is 0 Å². The molecular formula is C13H18N2O. The third-order valence-corrected chi connectivity index (χ3v) is 2.92. The minimum atomic E-state index is -0.117. The van der Waals surface area contributed by atoms with E-state index in [2.05, 4.69) is 38.2 Å². The molecule has 1 aromatic carbocycles. The molecule has 0 unspecified atom stereocenters. The average Bonchev–Trinajstić information content (AvgIpc) is 2.61. The number of carbonyl (C=O) groups is 1. The molecule has 0 spiro atoms. The lowest BCUT2D eigenvalue weighted by molar-refractivity contribution is 0.169. The SMILES string of the molecule is CC(C)(C)N1C[C@@H](c2ccccc2)NC1=O. The maximum Gasteiger partial charge on any atom is 0.318 e. The second-order valence-corrected chi connectivity index (χ2v) is 5.19. The van der Waals surface area contributed by atoms with Gasteiger partial charge in [0.15, 0.2) is 0 Å². The second kappa shape index (κ2) is 3.81. The molecule has 1 N–H and O–H groups in total. The van der Waals surface area contributed by atoms with Crippen LogP contribution in [0, 0.1) is 0 Å². The van der Waals surface area contributed by atoms with Crippen LogP contribution >= 0.6 is 0 Å². The molecule has 1 heterocycles. The number of urea groups is 1. The van der Waals surface area contributed by atoms with Crippen LogP contribution in [0.1, 0.15) is 32.4 Å². The van der Waals surface area contributed by atoms with Crippen molar-refractivity contribution in [3.8, 4) is 0 Å². The summed E-state index contributed by atoms with van der Waals surface area (Å²) >= 11 is 0. The van der Waals surface area contributed by atoms with Crippen LogP contribution in [-0.4, -0.2) is 23.0 Å². The summed E-state index contributed by atoms with van der Waals surface area (Å²) in [5.41, 5.74) is 1.05. The molecule has 1 aliphatic heterocycles. The van der Waals surface area contributed by atoms with Crippen LogP contribution in [-0.2, 0) is 0 Å². The van der Waals surface area contributed by atoms with Crippen molar-refractivity contribution in [1.29, 1.82) is 0 Å². The summed E-state index contributed by atoms with van der Waals surface area (Å²) in [6, 6.07) is 10.2. The van der Waals surface area contributed by atoms with Gasteiger partial charge in [-0.2, -0.15) is 0 Å². The van der Waals surface area contributed by atoms with Crippen molar-refractivity contribution in [2.75, 3.05) is 6.54 Å². The predicted molar refractivity (Wildman–Crippen MR) is 64.2 cm³/mol. The minimum Gasteiger partial charge on any atom is -0.329 e. The number of nitrogens with zero attached hydrogens (tertiary/aromatic N) is 1. The van der Waals surface area contributed by atoms with Gasteiger partial charge in [0.2, 0.25) is 0 Å². The number of hydrogen-bond donors (Lipinski definition) is 1. The van der Waals surface area contributed by atoms with E-state index < -0.39 is 0 Å². The summed E-state index contributed by atoms with van der Waals surface area (Å²) in [4.78, 5) is 13.7. The smallest absolute Gasteiger partial charge is 0.318 e. The Morgan fingerprint density at radius 1 is 1.25 bits per heavy atom. The molecule has 2 rings (SSSR count). The van der Waals surface area contributed by atoms with Gasteiger partial charge in [0.05, 0.1) is 6.04 Å². The molecular weight excluding hydrogens is 200 g/mol. The van der Waals surface area contributed by atoms with Crippen LogP contribution in [0.4, 0.5) is 4.79 Å². The highest BCUT2D eigenvalue weighted by atomic mass is 16.2. The topological polar surface area (TPSA) is 32.3 Å². The molecule has 0 bridgehead atoms. The van der Waals surface area contributed by atoms with E-state index in [-0.39, 0.29) is 17.6 Å². The molecule has 16 heavy (non-hydrogen) atoms. The van der Waals surface area contributed by atoms with Crippen molar-refractivity contribution in [3.63, 3.8) is 0 Å². The number of rotatable bonds is 1. The summed E-state index contributed by atoms with van der Waals surface area (Å²) in [7, 11) is 0. The predicted octanol–water partition coefficient (Wildman–Crippen LogP) is 2.55. The summed E-state index contributed by atoms with van der Waals surface area (Å²) < 4.78 is 0. The molecule has 1 fully saturated rings. The zero-order valence-electron chi connectivity index (χ0n) is 10.0. The van der Waals surface area contributed by atoms with E-state index in [9.17, 15) is 4.79 Å². The second-order valence-electron chi connectivity index (χ2n) is 5.19. The van der Waals surface area contributed by atoms with E-state index in [0.29, 0.717) is 0 Å². The molecule has 0 aromatic heterocycles. The van der Waals surface area contributed by atoms with Crippen molar-refractivity contribution in [2.24, 2.45) is 0 Å². The highest BCUT2D eigenvalue weighted by molar-refractivity contribution is 5.78. The average molecular weight is 218 g/mol. The van der Waals surface area contributed by atoms with Gasteiger partial charge < -0.3 is 10.2 Å². The first-order chi connectivity index (χ1) is 7.48. The zero-order chi connectivity index (χ0) is 11.8. The molecule has 0 saturated carbocycles. The Bertz CT molecular complexity index is 381. The van der Waals surface area contributed by atoms with Gasteiger partial charge in [-0.25, -0.2) is 4.79 Å². The van der Waals surface area contributed by atoms with Gasteiger partial charge in [0.1, 0.15) is 0 Å². The molecule has 86 valence electrons. The number of carbonyl (C=O) groups excluding carboxylic acids is 1. The highest BCUT2D eigenvalue weighted by Gasteiger charge is 2.36. The molecule has 1 aromatic rings. The van der Waals surface area contributed by atoms with Crippen molar-refractivity contribution >= 4 is 6.03 Å². The normalized spacial score (nSPS) is 21.1. The minimum absolute atomic E-state index is 0.0290. The van der Waals surface area contributed by atoms with E-state index in [1.807, 2.05) is 23.1 Å². The van der Waals surface area contributed by atoms with E-state index in [4.69, 9.17) is 0 Å². The lowest BCUT2D eigenvalue weighted by atomic mass is 10.0. The maximum atomic E-state index is 11.8. The molecule has 1 saturated heterocycles. The van der Waals surface area contributed by atoms with Crippen LogP contribution < -0.4 is 5.32 Å². The molecule has 1 aliphatic rings. The van der Waals surface area contributed by atoms with E-state index >= 15 is 0 Å². The van der Waals surface area contributed by atoms with Crippen molar-refractivity contribution in [1.82, 2.24) is 10.2 Å². The summed E-state index contributed by atoms with van der Waals surface area (Å²) in [5.74, 6) is 0. The molecule has 2 amide bonds. The van der Waals surface area contributed by atoms with Crippen LogP contribution in [0.2, 0.25) is 0 Å². The summed E-state index contributed by atoms with van der Waals surface area (Å²) in [6.07, 6.45) is 0. The fraction of sp³-hybridized carbons (Fsp3) is 0.462. The fourth-order valence-corrected chi connectivity index (χ4v) is 1.99. The first kappa shape index (κ1) is 11.0. The third-order valence-electron chi connectivity index (χ3n) is 2.92. The van der Waals surface area contributed by atoms with Crippen molar-refractivity contribution in [3.05, 3.63) is 35.9 Å². The van der Waals surface area contributed by atoms with Gasteiger partial charge in [0, 0.05) is 12.1 Å². The Morgan fingerprint density at radius 2 is 1.88 bits per heavy atom. The lowest BCUT2D eigenvalue weighted by Crippen LogP contribution is -2.43. The maximum absolute atomic E-state index is 11.8. The number of amides is 2. The molecule has 3 heteroatoms. The standard InChI is InChI=1S/C13H18N2O/c1-13(2,3)15-9-11(14-12(15)16)10-7-5-4-6-8-10/h4-8,11H,9H2,1-3H3,(H,14,16)/t11-/m0/s1. The van der Waals surface area contributed by atoms with Gasteiger partial charge in [-0.05, 0) is 26.3 Å². The highest BCUT2D eigenvalue weighted by Crippen LogP contribution is 2.25. The zero-order valence-corrected chi connectivity index (χ0v) is 10.0. The van der Waals surface area contributed by atoms with Crippen LogP contribution in [0.25, 0.3) is 0 Å². The Labute approximate surface area is 96.5 Å². The van der Waals surface area contributed by atoms with Gasteiger partial charge >= 0.3 is 6.03 Å². The number of nitrogens with one attached hydrogen (secondary N) is 1. The Hall–Kier alpha value is -1.51. The van der Waals surface area contributed by atoms with Crippen molar-refractivity contribution < 1.29 is 4.79 Å². The first-order valence-corrected chi connectivity index (χ1v) is 5.61. The third kappa shape index (κ3) is 2.03. The Morgan fingerprint density at radius 3 is 2.38 bits per heavy atom. The molecule has 0 aliphatic carbocycles. The monoisotopic (exact) mass is 218 g/mol. The summed E-state index contributed by atoms with van der Waals surface area (Å²) in [5, 5.41) is 3.01. The van der Waals surface area contributed by atoms with E-state index in [0.717, 1.165) is 6.54 Å². The van der Waals surface area contributed by atoms with Crippen molar-refractivity contribution in [2.45, 2.75) is 32.4 Å². The largest absolute Gasteiger partial charge is 0.329 e. The number of hydrogen-bond acceptors (Lipinski definition) is 1. The van der Waals surface area contributed by atoms with Crippen LogP contribution in [0.5, 0.6) is 0 Å². The summed E-state index contributed by atoms with van der Waals surface area (Å²) in [6.45, 7) is 6.91. The van der Waals surface area contributed by atoms with Crippen LogP contribution in [0.15, 0.2) is 30.3 Å². The Balaban J connectivity index is 2.16. The van der Waals surface area contributed by atoms with Crippen LogP contribution in [0.3, 0.4) is 0 Å². The van der Waals surface area contributed by atoms with E-state index in [1.54, 1.807) is 0 Å². The lowest BCUT2D eigenvalue weighted by Gasteiger charge is -2.30. The molecule has 0 radical (unpaired) electrons. The quantitative estimate of drug-likeness (QED) is 0.772. The van der Waals surface area contributed by atoms with Gasteiger partial charge in [-0.1, -0.05) is 30.3 Å². The van der Waals surface area contributed by atoms with Gasteiger partial charge in [-0.3, -0.25) is 0 Å².